The van der Waals surface area contributed by atoms with Gasteiger partial charge in [0.1, 0.15) is 11.4 Å². The third-order valence-corrected chi connectivity index (χ3v) is 4.97. The van der Waals surface area contributed by atoms with Crippen LogP contribution in [0.25, 0.3) is 11.3 Å². The summed E-state index contributed by atoms with van der Waals surface area (Å²) in [6, 6.07) is 6.39. The van der Waals surface area contributed by atoms with Crippen molar-refractivity contribution >= 4 is 51.5 Å². The van der Waals surface area contributed by atoms with Crippen molar-refractivity contribution in [3.63, 3.8) is 0 Å². The molecule has 0 spiro atoms. The molecule has 146 valence electrons. The highest BCUT2D eigenvalue weighted by molar-refractivity contribution is 7.14. The van der Waals surface area contributed by atoms with Crippen molar-refractivity contribution in [3.8, 4) is 17.0 Å². The predicted molar refractivity (Wildman–Crippen MR) is 108 cm³/mol. The van der Waals surface area contributed by atoms with E-state index in [0.29, 0.717) is 37.9 Å². The molecule has 1 amide bonds. The van der Waals surface area contributed by atoms with Crippen LogP contribution >= 0.6 is 34.5 Å². The van der Waals surface area contributed by atoms with Crippen molar-refractivity contribution in [2.45, 2.75) is 13.0 Å². The van der Waals surface area contributed by atoms with Crippen molar-refractivity contribution in [3.05, 3.63) is 51.6 Å². The molecule has 2 aromatic heterocycles. The summed E-state index contributed by atoms with van der Waals surface area (Å²) in [5.74, 6) is -0.491. The van der Waals surface area contributed by atoms with Crippen LogP contribution in [-0.4, -0.2) is 35.1 Å². The van der Waals surface area contributed by atoms with E-state index in [4.69, 9.17) is 27.9 Å². The van der Waals surface area contributed by atoms with Crippen molar-refractivity contribution < 1.29 is 19.1 Å². The Kier molecular flexibility index (Phi) is 6.23. The highest BCUT2D eigenvalue weighted by atomic mass is 35.5. The maximum absolute atomic E-state index is 12.4. The number of H-pyrrole nitrogens is 1. The van der Waals surface area contributed by atoms with Gasteiger partial charge in [-0.25, -0.2) is 9.78 Å². The van der Waals surface area contributed by atoms with Gasteiger partial charge in [0.2, 0.25) is 0 Å². The molecule has 3 rings (SSSR count). The molecule has 1 unspecified atom stereocenters. The van der Waals surface area contributed by atoms with Gasteiger partial charge in [-0.15, -0.1) is 11.3 Å². The molecule has 2 N–H and O–H groups in total. The molecule has 0 saturated heterocycles. The van der Waals surface area contributed by atoms with E-state index in [9.17, 15) is 9.59 Å². The third kappa shape index (κ3) is 4.64. The van der Waals surface area contributed by atoms with Crippen LogP contribution in [0.5, 0.6) is 5.75 Å². The number of anilines is 1. The lowest BCUT2D eigenvalue weighted by molar-refractivity contribution is -0.122. The van der Waals surface area contributed by atoms with Crippen LogP contribution in [0.15, 0.2) is 35.8 Å². The molecule has 0 aliphatic rings. The van der Waals surface area contributed by atoms with Gasteiger partial charge in [-0.2, -0.15) is 0 Å². The summed E-state index contributed by atoms with van der Waals surface area (Å²) in [4.78, 5) is 31.1. The smallest absolute Gasteiger partial charge is 0.354 e. The minimum absolute atomic E-state index is 0.317. The van der Waals surface area contributed by atoms with Gasteiger partial charge in [-0.3, -0.25) is 10.1 Å². The van der Waals surface area contributed by atoms with Gasteiger partial charge >= 0.3 is 5.97 Å². The Morgan fingerprint density at radius 2 is 2.07 bits per heavy atom. The Hall–Kier alpha value is -2.55. The number of esters is 1. The second kappa shape index (κ2) is 8.64. The summed E-state index contributed by atoms with van der Waals surface area (Å²) in [5.41, 5.74) is 1.63. The Bertz CT molecular complexity index is 1020. The number of hydrogen-bond acceptors (Lipinski definition) is 6. The first-order valence-corrected chi connectivity index (χ1v) is 9.66. The fourth-order valence-electron chi connectivity index (χ4n) is 2.26. The fraction of sp³-hybridized carbons (Fsp3) is 0.167. The topological polar surface area (TPSA) is 93.3 Å². The summed E-state index contributed by atoms with van der Waals surface area (Å²) in [5, 5.41) is 5.66. The molecular weight excluding hydrogens is 425 g/mol. The highest BCUT2D eigenvalue weighted by Gasteiger charge is 2.18. The number of hydrogen-bond donors (Lipinski definition) is 2. The van der Waals surface area contributed by atoms with Crippen molar-refractivity contribution in [2.24, 2.45) is 0 Å². The first-order valence-electron chi connectivity index (χ1n) is 8.02. The maximum Gasteiger partial charge on any atom is 0.354 e. The number of nitrogens with one attached hydrogen (secondary N) is 2. The molecule has 1 atom stereocenters. The number of methoxy groups -OCH3 is 1. The van der Waals surface area contributed by atoms with E-state index in [1.165, 1.54) is 24.5 Å². The van der Waals surface area contributed by atoms with E-state index in [1.807, 2.05) is 0 Å². The molecule has 0 aliphatic carbocycles. The van der Waals surface area contributed by atoms with Gasteiger partial charge in [0, 0.05) is 22.2 Å². The minimum atomic E-state index is -0.802. The van der Waals surface area contributed by atoms with Crippen LogP contribution in [0, 0.1) is 0 Å². The third-order valence-electron chi connectivity index (χ3n) is 3.69. The van der Waals surface area contributed by atoms with E-state index in [1.54, 1.807) is 36.7 Å². The highest BCUT2D eigenvalue weighted by Crippen LogP contribution is 2.29. The number of halogens is 2. The number of carbonyl (C=O) groups excluding carboxylic acids is 2. The first kappa shape index (κ1) is 20.2. The fourth-order valence-corrected chi connectivity index (χ4v) is 3.43. The summed E-state index contributed by atoms with van der Waals surface area (Å²) < 4.78 is 10.2. The van der Waals surface area contributed by atoms with Gasteiger partial charge in [0.25, 0.3) is 5.91 Å². The molecule has 3 aromatic rings. The summed E-state index contributed by atoms with van der Waals surface area (Å²) in [6.45, 7) is 1.60. The normalized spacial score (nSPS) is 11.7. The molecule has 1 aromatic carbocycles. The van der Waals surface area contributed by atoms with Crippen LogP contribution in [0.2, 0.25) is 10.0 Å². The average molecular weight is 440 g/mol. The van der Waals surface area contributed by atoms with Crippen LogP contribution in [0.3, 0.4) is 0 Å². The standard InChI is InChI=1S/C18H15Cl2N3O4S/c1-9(27-15-4-3-11(19)6-12(15)20)16(24)23-18-22-14(8-28-18)10-5-13(21-7-10)17(25)26-2/h3-9,21H,1-2H3,(H,22,23,24). The lowest BCUT2D eigenvalue weighted by Crippen LogP contribution is -2.30. The SMILES string of the molecule is COC(=O)c1cc(-c2csc(NC(=O)C(C)Oc3ccc(Cl)cc3Cl)n2)c[nH]1. The number of rotatable bonds is 6. The summed E-state index contributed by atoms with van der Waals surface area (Å²) >= 11 is 13.2. The molecule has 0 aliphatic heterocycles. The van der Waals surface area contributed by atoms with Gasteiger partial charge < -0.3 is 14.5 Å². The number of aromatic nitrogens is 2. The Balaban J connectivity index is 1.64. The number of aromatic amines is 1. The van der Waals surface area contributed by atoms with E-state index in [0.717, 1.165) is 0 Å². The minimum Gasteiger partial charge on any atom is -0.479 e. The Morgan fingerprint density at radius 1 is 1.29 bits per heavy atom. The Morgan fingerprint density at radius 3 is 2.79 bits per heavy atom. The second-order valence-corrected chi connectivity index (χ2v) is 7.36. The predicted octanol–water partition coefficient (Wildman–Crippen LogP) is 4.64. The van der Waals surface area contributed by atoms with Gasteiger partial charge in [0.15, 0.2) is 11.2 Å². The van der Waals surface area contributed by atoms with Crippen molar-refractivity contribution in [2.75, 3.05) is 12.4 Å². The van der Waals surface area contributed by atoms with Crippen LogP contribution in [0.4, 0.5) is 5.13 Å². The monoisotopic (exact) mass is 439 g/mol. The molecule has 7 nitrogen and oxygen atoms in total. The molecule has 0 radical (unpaired) electrons. The number of carbonyl (C=O) groups is 2. The molecule has 2 heterocycles. The van der Waals surface area contributed by atoms with E-state index < -0.39 is 12.1 Å². The molecule has 10 heteroatoms. The second-order valence-electron chi connectivity index (χ2n) is 5.66. The zero-order chi connectivity index (χ0) is 20.3. The molecule has 0 fully saturated rings. The summed E-state index contributed by atoms with van der Waals surface area (Å²) in [6.07, 6.45) is 0.838. The van der Waals surface area contributed by atoms with E-state index in [2.05, 4.69) is 20.0 Å². The number of nitrogens with zero attached hydrogens (tertiary/aromatic N) is 1. The molecule has 28 heavy (non-hydrogen) atoms. The number of benzene rings is 1. The van der Waals surface area contributed by atoms with E-state index in [-0.39, 0.29) is 5.91 Å². The average Bonchev–Trinajstić information content (AvgIpc) is 3.32. The number of ether oxygens (including phenoxy) is 2. The van der Waals surface area contributed by atoms with Crippen molar-refractivity contribution in [1.29, 1.82) is 0 Å². The molecule has 0 bridgehead atoms. The maximum atomic E-state index is 12.4. The Labute approximate surface area is 174 Å². The van der Waals surface area contributed by atoms with Crippen LogP contribution in [-0.2, 0) is 9.53 Å². The summed E-state index contributed by atoms with van der Waals surface area (Å²) in [7, 11) is 1.31. The zero-order valence-corrected chi connectivity index (χ0v) is 17.1. The zero-order valence-electron chi connectivity index (χ0n) is 14.8. The number of thiazole rings is 1. The van der Waals surface area contributed by atoms with Crippen molar-refractivity contribution in [1.82, 2.24) is 9.97 Å². The largest absolute Gasteiger partial charge is 0.479 e. The lowest BCUT2D eigenvalue weighted by atomic mass is 10.2. The van der Waals surface area contributed by atoms with Gasteiger partial charge in [-0.1, -0.05) is 23.2 Å². The van der Waals surface area contributed by atoms with E-state index >= 15 is 0 Å². The quantitative estimate of drug-likeness (QED) is 0.545. The molecular formula is C18H15Cl2N3O4S. The van der Waals surface area contributed by atoms with Crippen LogP contribution in [0.1, 0.15) is 17.4 Å². The number of amides is 1. The molecule has 0 saturated carbocycles. The lowest BCUT2D eigenvalue weighted by Gasteiger charge is -2.14. The first-order chi connectivity index (χ1) is 13.4. The van der Waals surface area contributed by atoms with Crippen LogP contribution < -0.4 is 10.1 Å². The van der Waals surface area contributed by atoms with Gasteiger partial charge in [0.05, 0.1) is 17.8 Å². The van der Waals surface area contributed by atoms with Gasteiger partial charge in [-0.05, 0) is 31.2 Å².